The Morgan fingerprint density at radius 1 is 1.30 bits per heavy atom. The standard InChI is InChI=1S/C24H26F3N5O/c1-4-14(2)19-13-32-20(12-29-22(32)21(31-19)28-10-9-24(25,26)27)16-5-8-18(15(3)11-16)23(33)30-17-6-7-17/h4-5,8,11-13,17H,6-7,9-10H2,1-3H3,(H,28,31)(H,30,33)/b14-4-. The summed E-state index contributed by atoms with van der Waals surface area (Å²) in [6.45, 7) is 5.36. The third-order valence-corrected chi connectivity index (χ3v) is 5.71. The Bertz CT molecular complexity index is 1220. The predicted molar refractivity (Wildman–Crippen MR) is 122 cm³/mol. The molecule has 4 rings (SSSR count). The number of aromatic nitrogens is 3. The number of aryl methyl sites for hydroxylation is 1. The molecule has 1 aliphatic rings. The Morgan fingerprint density at radius 3 is 2.70 bits per heavy atom. The van der Waals surface area contributed by atoms with Gasteiger partial charge in [-0.3, -0.25) is 9.20 Å². The van der Waals surface area contributed by atoms with Gasteiger partial charge in [0.05, 0.1) is 24.0 Å². The van der Waals surface area contributed by atoms with Crippen molar-refractivity contribution in [3.63, 3.8) is 0 Å². The van der Waals surface area contributed by atoms with Crippen molar-refractivity contribution in [2.75, 3.05) is 11.9 Å². The van der Waals surface area contributed by atoms with E-state index in [0.717, 1.165) is 35.2 Å². The largest absolute Gasteiger partial charge is 0.390 e. The van der Waals surface area contributed by atoms with E-state index in [1.807, 2.05) is 49.6 Å². The van der Waals surface area contributed by atoms with Gasteiger partial charge in [0, 0.05) is 29.9 Å². The average molecular weight is 458 g/mol. The molecule has 1 saturated carbocycles. The van der Waals surface area contributed by atoms with E-state index in [0.29, 0.717) is 22.7 Å². The molecule has 1 aliphatic carbocycles. The van der Waals surface area contributed by atoms with Crippen LogP contribution >= 0.6 is 0 Å². The fraction of sp³-hybridized carbons (Fsp3) is 0.375. The van der Waals surface area contributed by atoms with Crippen LogP contribution in [0, 0.1) is 6.92 Å². The molecule has 2 heterocycles. The van der Waals surface area contributed by atoms with Crippen molar-refractivity contribution in [2.24, 2.45) is 0 Å². The molecular formula is C24H26F3N5O. The Labute approximate surface area is 189 Å². The van der Waals surface area contributed by atoms with E-state index in [2.05, 4.69) is 20.6 Å². The summed E-state index contributed by atoms with van der Waals surface area (Å²) in [5.74, 6) is 0.215. The van der Waals surface area contributed by atoms with Crippen LogP contribution in [0.3, 0.4) is 0 Å². The van der Waals surface area contributed by atoms with Crippen LogP contribution in [0.1, 0.15) is 54.7 Å². The molecular weight excluding hydrogens is 431 g/mol. The molecule has 2 aromatic heterocycles. The molecule has 9 heteroatoms. The molecule has 0 saturated heterocycles. The predicted octanol–water partition coefficient (Wildman–Crippen LogP) is 5.38. The molecule has 0 bridgehead atoms. The van der Waals surface area contributed by atoms with Gasteiger partial charge in [-0.05, 0) is 56.9 Å². The lowest BCUT2D eigenvalue weighted by atomic mass is 10.0. The molecule has 1 fully saturated rings. The number of carbonyl (C=O) groups excluding carboxylic acids is 1. The first-order chi connectivity index (χ1) is 15.7. The van der Waals surface area contributed by atoms with Crippen LogP contribution in [0.5, 0.6) is 0 Å². The molecule has 0 aliphatic heterocycles. The van der Waals surface area contributed by atoms with E-state index in [-0.39, 0.29) is 18.5 Å². The number of benzene rings is 1. The second kappa shape index (κ2) is 8.88. The third kappa shape index (κ3) is 5.18. The minimum Gasteiger partial charge on any atom is -0.367 e. The molecule has 0 atom stereocenters. The fourth-order valence-corrected chi connectivity index (χ4v) is 3.55. The van der Waals surface area contributed by atoms with Crippen molar-refractivity contribution in [1.29, 1.82) is 0 Å². The van der Waals surface area contributed by atoms with Gasteiger partial charge in [0.15, 0.2) is 11.5 Å². The van der Waals surface area contributed by atoms with E-state index >= 15 is 0 Å². The molecule has 3 aromatic rings. The number of nitrogens with zero attached hydrogens (tertiary/aromatic N) is 3. The fourth-order valence-electron chi connectivity index (χ4n) is 3.55. The smallest absolute Gasteiger partial charge is 0.367 e. The highest BCUT2D eigenvalue weighted by Crippen LogP contribution is 2.28. The van der Waals surface area contributed by atoms with E-state index in [9.17, 15) is 18.0 Å². The van der Waals surface area contributed by atoms with Gasteiger partial charge in [0.1, 0.15) is 0 Å². The van der Waals surface area contributed by atoms with Crippen molar-refractivity contribution in [3.05, 3.63) is 53.5 Å². The summed E-state index contributed by atoms with van der Waals surface area (Å²) in [6.07, 6.45) is 2.20. The first-order valence-electron chi connectivity index (χ1n) is 10.9. The molecule has 0 spiro atoms. The van der Waals surface area contributed by atoms with Gasteiger partial charge in [-0.1, -0.05) is 12.1 Å². The summed E-state index contributed by atoms with van der Waals surface area (Å²) in [7, 11) is 0. The van der Waals surface area contributed by atoms with Crippen molar-refractivity contribution in [1.82, 2.24) is 19.7 Å². The minimum atomic E-state index is -4.26. The van der Waals surface area contributed by atoms with Crippen LogP contribution in [0.2, 0.25) is 0 Å². The highest BCUT2D eigenvalue weighted by atomic mass is 19.4. The summed E-state index contributed by atoms with van der Waals surface area (Å²) >= 11 is 0. The van der Waals surface area contributed by atoms with Crippen LogP contribution < -0.4 is 10.6 Å². The van der Waals surface area contributed by atoms with Crippen molar-refractivity contribution in [2.45, 2.75) is 52.3 Å². The zero-order valence-corrected chi connectivity index (χ0v) is 18.8. The van der Waals surface area contributed by atoms with Crippen molar-refractivity contribution >= 4 is 22.9 Å². The second-order valence-corrected chi connectivity index (χ2v) is 8.35. The van der Waals surface area contributed by atoms with Gasteiger partial charge in [0.25, 0.3) is 5.91 Å². The lowest BCUT2D eigenvalue weighted by Gasteiger charge is -2.13. The first kappa shape index (κ1) is 22.8. The summed E-state index contributed by atoms with van der Waals surface area (Å²) in [5, 5.41) is 5.79. The quantitative estimate of drug-likeness (QED) is 0.499. The number of amides is 1. The summed E-state index contributed by atoms with van der Waals surface area (Å²) in [6, 6.07) is 5.85. The van der Waals surface area contributed by atoms with Crippen LogP contribution in [0.25, 0.3) is 22.5 Å². The Kier molecular flexibility index (Phi) is 6.14. The Balaban J connectivity index is 1.71. The summed E-state index contributed by atoms with van der Waals surface area (Å²) in [5.41, 5.74) is 5.03. The Morgan fingerprint density at radius 2 is 2.06 bits per heavy atom. The molecule has 2 N–H and O–H groups in total. The number of carbonyl (C=O) groups is 1. The Hall–Kier alpha value is -3.36. The van der Waals surface area contributed by atoms with Crippen molar-refractivity contribution in [3.8, 4) is 11.3 Å². The molecule has 0 radical (unpaired) electrons. The van der Waals surface area contributed by atoms with E-state index < -0.39 is 12.6 Å². The SMILES string of the molecule is C/C=C(/C)c1cn2c(-c3ccc(C(=O)NC4CC4)c(C)c3)cnc2c(NCCC(F)(F)F)n1. The number of imidazole rings is 1. The van der Waals surface area contributed by atoms with Gasteiger partial charge in [-0.15, -0.1) is 0 Å². The zero-order valence-electron chi connectivity index (χ0n) is 18.8. The highest BCUT2D eigenvalue weighted by molar-refractivity contribution is 5.96. The maximum Gasteiger partial charge on any atom is 0.390 e. The van der Waals surface area contributed by atoms with Gasteiger partial charge < -0.3 is 10.6 Å². The van der Waals surface area contributed by atoms with Gasteiger partial charge >= 0.3 is 6.18 Å². The zero-order chi connectivity index (χ0) is 23.8. The number of nitrogens with one attached hydrogen (secondary N) is 2. The average Bonchev–Trinajstić information content (AvgIpc) is 3.46. The summed E-state index contributed by atoms with van der Waals surface area (Å²) < 4.78 is 39.7. The van der Waals surface area contributed by atoms with Gasteiger partial charge in [0.2, 0.25) is 0 Å². The molecule has 174 valence electrons. The highest BCUT2D eigenvalue weighted by Gasteiger charge is 2.27. The number of anilines is 1. The van der Waals surface area contributed by atoms with Crippen LogP contribution in [-0.4, -0.2) is 39.0 Å². The lowest BCUT2D eigenvalue weighted by molar-refractivity contribution is -0.131. The molecule has 33 heavy (non-hydrogen) atoms. The molecule has 1 aromatic carbocycles. The third-order valence-electron chi connectivity index (χ3n) is 5.71. The molecule has 1 amide bonds. The van der Waals surface area contributed by atoms with E-state index in [4.69, 9.17) is 0 Å². The van der Waals surface area contributed by atoms with Crippen LogP contribution in [0.4, 0.5) is 19.0 Å². The van der Waals surface area contributed by atoms with E-state index in [1.165, 1.54) is 0 Å². The minimum absolute atomic E-state index is 0.0777. The maximum atomic E-state index is 12.6. The van der Waals surface area contributed by atoms with Crippen molar-refractivity contribution < 1.29 is 18.0 Å². The summed E-state index contributed by atoms with van der Waals surface area (Å²) in [4.78, 5) is 21.4. The van der Waals surface area contributed by atoms with E-state index in [1.54, 1.807) is 12.3 Å². The topological polar surface area (TPSA) is 71.3 Å². The van der Waals surface area contributed by atoms with Crippen LogP contribution in [-0.2, 0) is 0 Å². The number of hydrogen-bond donors (Lipinski definition) is 2. The van der Waals surface area contributed by atoms with Gasteiger partial charge in [-0.2, -0.15) is 13.2 Å². The monoisotopic (exact) mass is 457 g/mol. The number of rotatable bonds is 7. The first-order valence-corrected chi connectivity index (χ1v) is 10.9. The number of allylic oxidation sites excluding steroid dienone is 2. The number of halogens is 3. The molecule has 6 nitrogen and oxygen atoms in total. The number of fused-ring (bicyclic) bond motifs is 1. The lowest BCUT2D eigenvalue weighted by Crippen LogP contribution is -2.26. The maximum absolute atomic E-state index is 12.6. The molecule has 0 unspecified atom stereocenters. The second-order valence-electron chi connectivity index (χ2n) is 8.35. The van der Waals surface area contributed by atoms with Crippen LogP contribution in [0.15, 0.2) is 36.7 Å². The van der Waals surface area contributed by atoms with Gasteiger partial charge in [-0.25, -0.2) is 9.97 Å². The normalized spacial score (nSPS) is 14.5. The number of hydrogen-bond acceptors (Lipinski definition) is 4. The number of alkyl halides is 3.